The maximum absolute atomic E-state index is 10.6. The van der Waals surface area contributed by atoms with Crippen molar-refractivity contribution in [2.75, 3.05) is 13.1 Å². The van der Waals surface area contributed by atoms with E-state index < -0.39 is 0 Å². The fraction of sp³-hybridized carbons (Fsp3) is 0.667. The second kappa shape index (κ2) is 7.06. The molecule has 2 N–H and O–H groups in total. The summed E-state index contributed by atoms with van der Waals surface area (Å²) in [5, 5.41) is 10.5. The van der Waals surface area contributed by atoms with Gasteiger partial charge in [0.1, 0.15) is 0 Å². The molecule has 0 aliphatic heterocycles. The molecule has 0 saturated carbocycles. The second-order valence-electron chi connectivity index (χ2n) is 4.20. The Kier molecular flexibility index (Phi) is 5.69. The normalized spacial score (nSPS) is 12.4. The first kappa shape index (κ1) is 13.7. The Labute approximate surface area is 103 Å². The molecule has 17 heavy (non-hydrogen) atoms. The largest absolute Gasteiger partial charge is 0.355 e. The third-order valence-corrected chi connectivity index (χ3v) is 2.69. The number of aromatic nitrogens is 2. The monoisotopic (exact) mass is 238 g/mol. The van der Waals surface area contributed by atoms with Gasteiger partial charge in [0.2, 0.25) is 5.91 Å². The molecule has 0 fully saturated rings. The summed E-state index contributed by atoms with van der Waals surface area (Å²) in [6.07, 6.45) is 3.09. The quantitative estimate of drug-likeness (QED) is 0.699. The van der Waals surface area contributed by atoms with Crippen molar-refractivity contribution in [3.05, 3.63) is 18.0 Å². The number of amides is 1. The summed E-state index contributed by atoms with van der Waals surface area (Å²) < 4.78 is 1.99. The van der Waals surface area contributed by atoms with Crippen LogP contribution in [0.25, 0.3) is 0 Å². The first-order chi connectivity index (χ1) is 8.13. The maximum Gasteiger partial charge on any atom is 0.216 e. The highest BCUT2D eigenvalue weighted by molar-refractivity contribution is 5.72. The van der Waals surface area contributed by atoms with Gasteiger partial charge in [0.25, 0.3) is 0 Å². The van der Waals surface area contributed by atoms with Crippen molar-refractivity contribution < 1.29 is 4.79 Å². The zero-order valence-electron chi connectivity index (χ0n) is 10.9. The number of carbonyl (C=O) groups excluding carboxylic acids is 1. The summed E-state index contributed by atoms with van der Waals surface area (Å²) in [5.41, 5.74) is 1.04. The summed E-state index contributed by atoms with van der Waals surface area (Å²) in [7, 11) is 0. The van der Waals surface area contributed by atoms with Crippen LogP contribution in [0.4, 0.5) is 0 Å². The van der Waals surface area contributed by atoms with E-state index in [4.69, 9.17) is 0 Å². The van der Waals surface area contributed by atoms with Crippen molar-refractivity contribution in [2.45, 2.75) is 39.8 Å². The number of nitrogens with zero attached hydrogens (tertiary/aromatic N) is 2. The first-order valence-corrected chi connectivity index (χ1v) is 6.12. The molecular formula is C12H22N4O. The van der Waals surface area contributed by atoms with Crippen molar-refractivity contribution >= 4 is 5.91 Å². The van der Waals surface area contributed by atoms with E-state index >= 15 is 0 Å². The SMILES string of the molecule is CCC(C)n1ccc(CNCCNC(C)=O)n1. The minimum atomic E-state index is 0.00727. The van der Waals surface area contributed by atoms with Gasteiger partial charge in [-0.05, 0) is 19.4 Å². The lowest BCUT2D eigenvalue weighted by atomic mass is 10.3. The van der Waals surface area contributed by atoms with Crippen LogP contribution < -0.4 is 10.6 Å². The van der Waals surface area contributed by atoms with E-state index in [1.54, 1.807) is 0 Å². The molecule has 1 atom stereocenters. The van der Waals surface area contributed by atoms with E-state index in [0.717, 1.165) is 25.2 Å². The van der Waals surface area contributed by atoms with Gasteiger partial charge in [-0.2, -0.15) is 5.10 Å². The van der Waals surface area contributed by atoms with E-state index in [0.29, 0.717) is 12.6 Å². The fourth-order valence-corrected chi connectivity index (χ4v) is 1.45. The minimum Gasteiger partial charge on any atom is -0.355 e. The van der Waals surface area contributed by atoms with Gasteiger partial charge in [-0.25, -0.2) is 0 Å². The Hall–Kier alpha value is -1.36. The van der Waals surface area contributed by atoms with Crippen LogP contribution in [0.5, 0.6) is 0 Å². The van der Waals surface area contributed by atoms with Gasteiger partial charge in [-0.3, -0.25) is 9.48 Å². The smallest absolute Gasteiger partial charge is 0.216 e. The molecule has 0 aromatic carbocycles. The molecule has 96 valence electrons. The average Bonchev–Trinajstić information content (AvgIpc) is 2.76. The molecule has 0 aliphatic rings. The highest BCUT2D eigenvalue weighted by Gasteiger charge is 2.03. The highest BCUT2D eigenvalue weighted by atomic mass is 16.1. The van der Waals surface area contributed by atoms with Gasteiger partial charge < -0.3 is 10.6 Å². The van der Waals surface area contributed by atoms with E-state index in [9.17, 15) is 4.79 Å². The summed E-state index contributed by atoms with van der Waals surface area (Å²) in [5.74, 6) is 0.00727. The number of carbonyl (C=O) groups is 1. The number of hydrogen-bond donors (Lipinski definition) is 2. The van der Waals surface area contributed by atoms with E-state index in [1.807, 2.05) is 16.9 Å². The second-order valence-corrected chi connectivity index (χ2v) is 4.20. The third-order valence-electron chi connectivity index (χ3n) is 2.69. The van der Waals surface area contributed by atoms with E-state index in [1.165, 1.54) is 6.92 Å². The van der Waals surface area contributed by atoms with E-state index in [2.05, 4.69) is 29.6 Å². The van der Waals surface area contributed by atoms with Crippen molar-refractivity contribution in [1.29, 1.82) is 0 Å². The lowest BCUT2D eigenvalue weighted by Crippen LogP contribution is -2.30. The van der Waals surface area contributed by atoms with Crippen LogP contribution in [0.2, 0.25) is 0 Å². The zero-order chi connectivity index (χ0) is 12.7. The molecule has 1 rings (SSSR count). The van der Waals surface area contributed by atoms with Crippen LogP contribution in [0.1, 0.15) is 38.9 Å². The Morgan fingerprint density at radius 1 is 1.53 bits per heavy atom. The minimum absolute atomic E-state index is 0.00727. The Morgan fingerprint density at radius 3 is 2.94 bits per heavy atom. The van der Waals surface area contributed by atoms with Crippen LogP contribution in [0.15, 0.2) is 12.3 Å². The molecule has 5 nitrogen and oxygen atoms in total. The lowest BCUT2D eigenvalue weighted by Gasteiger charge is -2.08. The topological polar surface area (TPSA) is 59.0 Å². The molecule has 0 saturated heterocycles. The molecule has 1 aromatic rings. The standard InChI is InChI=1S/C12H22N4O/c1-4-10(2)16-8-5-12(15-16)9-13-6-7-14-11(3)17/h5,8,10,13H,4,6-7,9H2,1-3H3,(H,14,17). The number of nitrogens with one attached hydrogen (secondary N) is 2. The predicted octanol–water partition coefficient (Wildman–Crippen LogP) is 1.08. The van der Waals surface area contributed by atoms with Crippen molar-refractivity contribution in [1.82, 2.24) is 20.4 Å². The van der Waals surface area contributed by atoms with E-state index in [-0.39, 0.29) is 5.91 Å². The molecule has 1 unspecified atom stereocenters. The summed E-state index contributed by atoms with van der Waals surface area (Å²) in [4.78, 5) is 10.6. The van der Waals surface area contributed by atoms with Gasteiger partial charge in [0.15, 0.2) is 0 Å². The van der Waals surface area contributed by atoms with Crippen LogP contribution >= 0.6 is 0 Å². The Balaban J connectivity index is 2.23. The molecule has 1 heterocycles. The highest BCUT2D eigenvalue weighted by Crippen LogP contribution is 2.08. The zero-order valence-corrected chi connectivity index (χ0v) is 10.9. The molecular weight excluding hydrogens is 216 g/mol. The Morgan fingerprint density at radius 2 is 2.29 bits per heavy atom. The fourth-order valence-electron chi connectivity index (χ4n) is 1.45. The van der Waals surface area contributed by atoms with Gasteiger partial charge in [-0.1, -0.05) is 6.92 Å². The summed E-state index contributed by atoms with van der Waals surface area (Å²) in [6, 6.07) is 2.47. The van der Waals surface area contributed by atoms with Crippen LogP contribution in [-0.2, 0) is 11.3 Å². The molecule has 0 bridgehead atoms. The molecule has 1 aromatic heterocycles. The third kappa shape index (κ3) is 4.99. The van der Waals surface area contributed by atoms with Crippen LogP contribution in [0.3, 0.4) is 0 Å². The van der Waals surface area contributed by atoms with Crippen molar-refractivity contribution in [2.24, 2.45) is 0 Å². The van der Waals surface area contributed by atoms with Crippen molar-refractivity contribution in [3.63, 3.8) is 0 Å². The summed E-state index contributed by atoms with van der Waals surface area (Å²) in [6.45, 7) is 7.98. The molecule has 0 aliphatic carbocycles. The van der Waals surface area contributed by atoms with Crippen LogP contribution in [0, 0.1) is 0 Å². The maximum atomic E-state index is 10.6. The van der Waals surface area contributed by atoms with Crippen molar-refractivity contribution in [3.8, 4) is 0 Å². The Bertz CT molecular complexity index is 348. The predicted molar refractivity (Wildman–Crippen MR) is 67.6 cm³/mol. The van der Waals surface area contributed by atoms with Crippen LogP contribution in [-0.4, -0.2) is 28.8 Å². The molecule has 0 radical (unpaired) electrons. The molecule has 1 amide bonds. The number of hydrogen-bond acceptors (Lipinski definition) is 3. The average molecular weight is 238 g/mol. The number of rotatable bonds is 7. The van der Waals surface area contributed by atoms with Gasteiger partial charge in [0, 0.05) is 38.8 Å². The lowest BCUT2D eigenvalue weighted by molar-refractivity contribution is -0.118. The molecule has 5 heteroatoms. The molecule has 0 spiro atoms. The van der Waals surface area contributed by atoms with Gasteiger partial charge in [0.05, 0.1) is 5.69 Å². The van der Waals surface area contributed by atoms with Gasteiger partial charge in [-0.15, -0.1) is 0 Å². The first-order valence-electron chi connectivity index (χ1n) is 6.12. The summed E-state index contributed by atoms with van der Waals surface area (Å²) >= 11 is 0. The van der Waals surface area contributed by atoms with Gasteiger partial charge >= 0.3 is 0 Å².